The average Bonchev–Trinajstić information content (AvgIpc) is 2.05. The molecule has 0 saturated heterocycles. The van der Waals surface area contributed by atoms with Gasteiger partial charge in [0.25, 0.3) is 0 Å². The number of rotatable bonds is 1. The summed E-state index contributed by atoms with van der Waals surface area (Å²) in [6, 6.07) is 5.73. The molecule has 3 nitrogen and oxygen atoms in total. The van der Waals surface area contributed by atoms with Crippen LogP contribution in [0.25, 0.3) is 0 Å². The number of hydrogen-bond acceptors (Lipinski definition) is 3. The third-order valence-electron chi connectivity index (χ3n) is 1.25. The van der Waals surface area contributed by atoms with Crippen molar-refractivity contribution >= 4 is 22.7 Å². The number of nitriles is 1. The van der Waals surface area contributed by atoms with Crippen LogP contribution in [0.4, 0.5) is 0 Å². The van der Waals surface area contributed by atoms with Gasteiger partial charge in [0.1, 0.15) is 6.07 Å². The monoisotopic (exact) mass is 223 g/mol. The molecule has 13 heavy (non-hydrogen) atoms. The van der Waals surface area contributed by atoms with Crippen LogP contribution in [0.1, 0.15) is 5.56 Å². The van der Waals surface area contributed by atoms with Gasteiger partial charge in [-0.2, -0.15) is 5.26 Å². The Morgan fingerprint density at radius 3 is 2.62 bits per heavy atom. The van der Waals surface area contributed by atoms with E-state index < -0.39 is 11.1 Å². The molecular weight excluding hydrogens is 221 g/mol. The Morgan fingerprint density at radius 1 is 1.54 bits per heavy atom. The second-order valence-corrected chi connectivity index (χ2v) is 3.34. The van der Waals surface area contributed by atoms with Crippen molar-refractivity contribution in [3.05, 3.63) is 28.8 Å². The minimum Gasteiger partial charge on any atom is -0.768 e. The van der Waals surface area contributed by atoms with E-state index in [1.807, 2.05) is 0 Å². The number of nitrogens with zero attached hydrogens (tertiary/aromatic N) is 1. The van der Waals surface area contributed by atoms with Crippen LogP contribution in [-0.2, 0) is 11.1 Å². The summed E-state index contributed by atoms with van der Waals surface area (Å²) < 4.78 is 20.9. The van der Waals surface area contributed by atoms with E-state index in [-0.39, 0.29) is 45.0 Å². The van der Waals surface area contributed by atoms with E-state index in [2.05, 4.69) is 0 Å². The van der Waals surface area contributed by atoms with Crippen molar-refractivity contribution in [3.63, 3.8) is 0 Å². The van der Waals surface area contributed by atoms with Crippen LogP contribution in [0.15, 0.2) is 23.1 Å². The van der Waals surface area contributed by atoms with Gasteiger partial charge in [0.15, 0.2) is 0 Å². The SMILES string of the molecule is N#Cc1cc(S(=O)[O-])ccc1Cl.[Na+]. The molecule has 1 aromatic rings. The average molecular weight is 224 g/mol. The molecule has 1 unspecified atom stereocenters. The van der Waals surface area contributed by atoms with Crippen molar-refractivity contribution in [1.82, 2.24) is 0 Å². The zero-order valence-electron chi connectivity index (χ0n) is 6.78. The van der Waals surface area contributed by atoms with Crippen LogP contribution in [0.5, 0.6) is 0 Å². The van der Waals surface area contributed by atoms with Crippen molar-refractivity contribution in [2.24, 2.45) is 0 Å². The van der Waals surface area contributed by atoms with E-state index in [0.29, 0.717) is 0 Å². The van der Waals surface area contributed by atoms with Gasteiger partial charge in [0, 0.05) is 4.90 Å². The van der Waals surface area contributed by atoms with Crippen LogP contribution in [0.2, 0.25) is 5.02 Å². The smallest absolute Gasteiger partial charge is 0.768 e. The van der Waals surface area contributed by atoms with Crippen molar-refractivity contribution in [2.75, 3.05) is 0 Å². The summed E-state index contributed by atoms with van der Waals surface area (Å²) in [6.45, 7) is 0. The maximum absolute atomic E-state index is 10.4. The molecule has 0 aromatic heterocycles. The summed E-state index contributed by atoms with van der Waals surface area (Å²) in [5.41, 5.74) is 0.165. The maximum atomic E-state index is 10.4. The van der Waals surface area contributed by atoms with Gasteiger partial charge in [-0.1, -0.05) is 11.6 Å². The van der Waals surface area contributed by atoms with Gasteiger partial charge in [0.05, 0.1) is 10.6 Å². The quantitative estimate of drug-likeness (QED) is 0.428. The number of halogens is 1. The van der Waals surface area contributed by atoms with Crippen molar-refractivity contribution in [3.8, 4) is 6.07 Å². The van der Waals surface area contributed by atoms with Crippen LogP contribution in [0.3, 0.4) is 0 Å². The summed E-state index contributed by atoms with van der Waals surface area (Å²) in [5, 5.41) is 8.75. The molecule has 0 aliphatic carbocycles. The molecule has 62 valence electrons. The third kappa shape index (κ3) is 3.39. The molecule has 0 heterocycles. The Kier molecular flexibility index (Phi) is 5.81. The van der Waals surface area contributed by atoms with Gasteiger partial charge in [-0.05, 0) is 29.3 Å². The fourth-order valence-electron chi connectivity index (χ4n) is 0.694. The predicted octanol–water partition coefficient (Wildman–Crippen LogP) is -1.55. The van der Waals surface area contributed by atoms with E-state index in [1.165, 1.54) is 18.2 Å². The molecule has 0 N–H and O–H groups in total. The molecule has 1 atom stereocenters. The Bertz CT molecular complexity index is 377. The first-order valence-corrected chi connectivity index (χ1v) is 4.39. The molecule has 1 rings (SSSR count). The van der Waals surface area contributed by atoms with Gasteiger partial charge in [-0.25, -0.2) is 0 Å². The molecule has 0 spiro atoms. The fraction of sp³-hybridized carbons (Fsp3) is 0. The van der Waals surface area contributed by atoms with Crippen molar-refractivity contribution in [2.45, 2.75) is 4.90 Å². The summed E-state index contributed by atoms with van der Waals surface area (Å²) in [5.74, 6) is 0. The molecule has 0 aliphatic rings. The largest absolute Gasteiger partial charge is 1.00 e. The Hall–Kier alpha value is 0.110. The number of hydrogen-bond donors (Lipinski definition) is 0. The van der Waals surface area contributed by atoms with Crippen LogP contribution in [-0.4, -0.2) is 8.76 Å². The Morgan fingerprint density at radius 2 is 2.15 bits per heavy atom. The summed E-state index contributed by atoms with van der Waals surface area (Å²) in [4.78, 5) is 0.0657. The van der Waals surface area contributed by atoms with Gasteiger partial charge in [-0.3, -0.25) is 4.21 Å². The Labute approximate surface area is 105 Å². The summed E-state index contributed by atoms with van der Waals surface area (Å²) >= 11 is 3.27. The molecular formula is C7H3ClNNaO2S. The first-order valence-electron chi connectivity index (χ1n) is 2.94. The first-order chi connectivity index (χ1) is 5.65. The topological polar surface area (TPSA) is 63.9 Å². The van der Waals surface area contributed by atoms with E-state index in [0.717, 1.165) is 0 Å². The molecule has 0 fully saturated rings. The second-order valence-electron chi connectivity index (χ2n) is 1.99. The molecule has 0 amide bonds. The minimum atomic E-state index is -2.31. The molecule has 0 bridgehead atoms. The second kappa shape index (κ2) is 5.76. The molecule has 6 heteroatoms. The van der Waals surface area contributed by atoms with E-state index in [4.69, 9.17) is 16.9 Å². The van der Waals surface area contributed by atoms with Gasteiger partial charge in [-0.15, -0.1) is 0 Å². The van der Waals surface area contributed by atoms with E-state index >= 15 is 0 Å². The summed E-state index contributed by atoms with van der Waals surface area (Å²) in [7, 11) is 0. The fourth-order valence-corrected chi connectivity index (χ4v) is 1.25. The minimum absolute atomic E-state index is 0. The van der Waals surface area contributed by atoms with E-state index in [1.54, 1.807) is 6.07 Å². The molecule has 0 saturated carbocycles. The van der Waals surface area contributed by atoms with Crippen LogP contribution >= 0.6 is 11.6 Å². The zero-order valence-corrected chi connectivity index (χ0v) is 10.4. The predicted molar refractivity (Wildman–Crippen MR) is 43.4 cm³/mol. The van der Waals surface area contributed by atoms with Crippen LogP contribution < -0.4 is 29.6 Å². The normalized spacial score (nSPS) is 11.2. The standard InChI is InChI=1S/C7H4ClNO2S.Na/c8-7-2-1-6(12(10)11)3-5(7)4-9;/h1-3H,(H,10,11);/q;+1/p-1. The summed E-state index contributed by atoms with van der Waals surface area (Å²) in [6.07, 6.45) is 0. The van der Waals surface area contributed by atoms with Gasteiger partial charge >= 0.3 is 29.6 Å². The Balaban J connectivity index is 0.00000144. The number of benzene rings is 1. The maximum Gasteiger partial charge on any atom is 1.00 e. The van der Waals surface area contributed by atoms with Gasteiger partial charge in [0.2, 0.25) is 0 Å². The first kappa shape index (κ1) is 13.1. The zero-order chi connectivity index (χ0) is 9.14. The molecule has 0 aliphatic heterocycles. The molecule has 0 radical (unpaired) electrons. The van der Waals surface area contributed by atoms with Crippen molar-refractivity contribution < 1.29 is 38.3 Å². The van der Waals surface area contributed by atoms with Crippen LogP contribution in [0, 0.1) is 11.3 Å². The van der Waals surface area contributed by atoms with Crippen molar-refractivity contribution in [1.29, 1.82) is 5.26 Å². The molecule has 1 aromatic carbocycles. The van der Waals surface area contributed by atoms with E-state index in [9.17, 15) is 8.76 Å². The van der Waals surface area contributed by atoms with Gasteiger partial charge < -0.3 is 4.55 Å². The third-order valence-corrected chi connectivity index (χ3v) is 2.22.